The lowest BCUT2D eigenvalue weighted by Crippen LogP contribution is -2.52. The van der Waals surface area contributed by atoms with Gasteiger partial charge in [0.25, 0.3) is 0 Å². The number of fused-ring (bicyclic) bond motifs is 3. The van der Waals surface area contributed by atoms with Crippen LogP contribution in [0.15, 0.2) is 33.3 Å². The zero-order chi connectivity index (χ0) is 17.4. The molecular weight excluding hydrogens is 314 g/mol. The van der Waals surface area contributed by atoms with Crippen molar-refractivity contribution in [3.8, 4) is 6.07 Å². The Kier molecular flexibility index (Phi) is 3.98. The summed E-state index contributed by atoms with van der Waals surface area (Å²) in [6.45, 7) is 5.94. The second-order valence-corrected chi connectivity index (χ2v) is 6.69. The van der Waals surface area contributed by atoms with Gasteiger partial charge in [0.05, 0.1) is 29.0 Å². The summed E-state index contributed by atoms with van der Waals surface area (Å²) in [6, 6.07) is 7.88. The maximum Gasteiger partial charge on any atom is 0.193 e. The number of piperazine rings is 1. The Bertz CT molecular complexity index is 809. The van der Waals surface area contributed by atoms with E-state index in [0.717, 1.165) is 55.6 Å². The van der Waals surface area contributed by atoms with Crippen LogP contribution in [-0.2, 0) is 0 Å². The van der Waals surface area contributed by atoms with Gasteiger partial charge in [-0.25, -0.2) is 10.0 Å². The molecule has 0 aromatic heterocycles. The van der Waals surface area contributed by atoms with E-state index in [4.69, 9.17) is 9.98 Å². The quantitative estimate of drug-likeness (QED) is 0.725. The summed E-state index contributed by atoms with van der Waals surface area (Å²) < 4.78 is 0. The molecule has 0 amide bonds. The van der Waals surface area contributed by atoms with Gasteiger partial charge in [0, 0.05) is 38.8 Å². The van der Waals surface area contributed by atoms with Crippen LogP contribution < -0.4 is 5.01 Å². The van der Waals surface area contributed by atoms with Crippen LogP contribution in [0.2, 0.25) is 0 Å². The van der Waals surface area contributed by atoms with Crippen molar-refractivity contribution in [1.82, 2.24) is 9.80 Å². The molecule has 7 heteroatoms. The van der Waals surface area contributed by atoms with Gasteiger partial charge in [-0.1, -0.05) is 0 Å². The van der Waals surface area contributed by atoms with Gasteiger partial charge in [0.2, 0.25) is 0 Å². The van der Waals surface area contributed by atoms with Crippen molar-refractivity contribution in [2.45, 2.75) is 19.4 Å². The Morgan fingerprint density at radius 1 is 1.16 bits per heavy atom. The number of aliphatic imine (C=N–C) groups is 2. The number of benzene rings is 1. The van der Waals surface area contributed by atoms with E-state index in [1.54, 1.807) is 6.07 Å². The minimum Gasteiger partial charge on any atom is -0.351 e. The van der Waals surface area contributed by atoms with Crippen LogP contribution in [0.5, 0.6) is 0 Å². The smallest absolute Gasteiger partial charge is 0.193 e. The van der Waals surface area contributed by atoms with Gasteiger partial charge in [-0.3, -0.25) is 4.99 Å². The summed E-state index contributed by atoms with van der Waals surface area (Å²) in [5, 5.41) is 15.7. The van der Waals surface area contributed by atoms with E-state index in [-0.39, 0.29) is 6.04 Å². The molecule has 1 fully saturated rings. The number of amidine groups is 2. The van der Waals surface area contributed by atoms with Crippen LogP contribution in [0.3, 0.4) is 0 Å². The van der Waals surface area contributed by atoms with Gasteiger partial charge in [-0.15, -0.1) is 0 Å². The number of hydrazone groups is 1. The molecule has 0 radical (unpaired) electrons. The van der Waals surface area contributed by atoms with E-state index >= 15 is 0 Å². The van der Waals surface area contributed by atoms with Crippen LogP contribution in [0.25, 0.3) is 0 Å². The average Bonchev–Trinajstić information content (AvgIpc) is 2.83. The van der Waals surface area contributed by atoms with E-state index in [9.17, 15) is 5.26 Å². The summed E-state index contributed by atoms with van der Waals surface area (Å²) in [5.74, 6) is 1.67. The highest BCUT2D eigenvalue weighted by Crippen LogP contribution is 2.35. The normalized spacial score (nSPS) is 23.2. The van der Waals surface area contributed by atoms with Crippen molar-refractivity contribution < 1.29 is 0 Å². The van der Waals surface area contributed by atoms with Crippen LogP contribution in [0, 0.1) is 11.3 Å². The molecular formula is C18H21N7. The number of rotatable bonds is 0. The molecule has 3 heterocycles. The summed E-state index contributed by atoms with van der Waals surface area (Å²) in [6.07, 6.45) is 2.69. The fraction of sp³-hybridized carbons (Fsp3) is 0.444. The average molecular weight is 335 g/mol. The van der Waals surface area contributed by atoms with Crippen molar-refractivity contribution >= 4 is 29.3 Å². The molecule has 1 atom stereocenters. The summed E-state index contributed by atoms with van der Waals surface area (Å²) in [4.78, 5) is 14.4. The Morgan fingerprint density at radius 2 is 1.96 bits per heavy atom. The maximum atomic E-state index is 9.23. The lowest BCUT2D eigenvalue weighted by molar-refractivity contribution is 0.217. The molecule has 7 nitrogen and oxygen atoms in total. The monoisotopic (exact) mass is 335 g/mol. The fourth-order valence-corrected chi connectivity index (χ4v) is 3.23. The lowest BCUT2D eigenvalue weighted by atomic mass is 10.1. The van der Waals surface area contributed by atoms with Crippen molar-refractivity contribution in [3.05, 3.63) is 23.8 Å². The van der Waals surface area contributed by atoms with E-state index in [0.29, 0.717) is 5.56 Å². The van der Waals surface area contributed by atoms with Crippen LogP contribution in [0.4, 0.5) is 11.4 Å². The first-order valence-corrected chi connectivity index (χ1v) is 8.63. The fourth-order valence-electron chi connectivity index (χ4n) is 3.23. The molecule has 3 aliphatic rings. The number of hydrogen-bond acceptors (Lipinski definition) is 7. The predicted octanol–water partition coefficient (Wildman–Crippen LogP) is 1.83. The van der Waals surface area contributed by atoms with Gasteiger partial charge in [-0.2, -0.15) is 10.4 Å². The molecule has 0 spiro atoms. The molecule has 1 saturated heterocycles. The summed E-state index contributed by atoms with van der Waals surface area (Å²) >= 11 is 0. The molecule has 0 aliphatic carbocycles. The van der Waals surface area contributed by atoms with E-state index in [1.165, 1.54) is 0 Å². The summed E-state index contributed by atoms with van der Waals surface area (Å²) in [7, 11) is 2.14. The molecule has 0 N–H and O–H groups in total. The molecule has 1 unspecified atom stereocenters. The number of nitrogens with zero attached hydrogens (tertiary/aromatic N) is 7. The van der Waals surface area contributed by atoms with E-state index < -0.39 is 0 Å². The molecule has 25 heavy (non-hydrogen) atoms. The third-order valence-electron chi connectivity index (χ3n) is 4.75. The largest absolute Gasteiger partial charge is 0.351 e. The van der Waals surface area contributed by atoms with Gasteiger partial charge in [0.1, 0.15) is 0 Å². The van der Waals surface area contributed by atoms with Crippen molar-refractivity contribution in [1.29, 1.82) is 5.26 Å². The molecule has 1 aromatic rings. The second kappa shape index (κ2) is 6.30. The topological polar surface area (TPSA) is 70.6 Å². The Balaban J connectivity index is 1.82. The Labute approximate surface area is 147 Å². The van der Waals surface area contributed by atoms with Gasteiger partial charge < -0.3 is 9.80 Å². The minimum absolute atomic E-state index is 0.155. The first-order valence-electron chi connectivity index (χ1n) is 8.63. The van der Waals surface area contributed by atoms with Crippen LogP contribution in [0.1, 0.15) is 18.9 Å². The van der Waals surface area contributed by atoms with Gasteiger partial charge in [0.15, 0.2) is 11.7 Å². The van der Waals surface area contributed by atoms with E-state index in [1.807, 2.05) is 23.4 Å². The highest BCUT2D eigenvalue weighted by atomic mass is 15.5. The highest BCUT2D eigenvalue weighted by Gasteiger charge is 2.32. The van der Waals surface area contributed by atoms with E-state index in [2.05, 4.69) is 34.9 Å². The number of anilines is 1. The Morgan fingerprint density at radius 3 is 2.72 bits per heavy atom. The van der Waals surface area contributed by atoms with Crippen LogP contribution in [-0.4, -0.2) is 67.0 Å². The molecule has 0 bridgehead atoms. The standard InChI is InChI=1S/C18H21N7/c1-13-5-6-20-25-16-11-14(12-19)3-4-15(16)22-17(18(25)21-13)24-9-7-23(2)8-10-24/h3-4,6,11,13H,5,7-10H2,1-2H3. The predicted molar refractivity (Wildman–Crippen MR) is 99.8 cm³/mol. The number of hydrogen-bond donors (Lipinski definition) is 0. The molecule has 1 aromatic carbocycles. The van der Waals surface area contributed by atoms with Crippen molar-refractivity contribution in [3.63, 3.8) is 0 Å². The van der Waals surface area contributed by atoms with Gasteiger partial charge >= 0.3 is 0 Å². The van der Waals surface area contributed by atoms with Crippen LogP contribution >= 0.6 is 0 Å². The Hall–Kier alpha value is -2.72. The third kappa shape index (κ3) is 2.89. The highest BCUT2D eigenvalue weighted by molar-refractivity contribution is 6.47. The minimum atomic E-state index is 0.155. The zero-order valence-corrected chi connectivity index (χ0v) is 14.6. The first kappa shape index (κ1) is 15.8. The second-order valence-electron chi connectivity index (χ2n) is 6.69. The summed E-state index contributed by atoms with van der Waals surface area (Å²) in [5.41, 5.74) is 2.25. The van der Waals surface area contributed by atoms with Crippen molar-refractivity contribution in [2.75, 3.05) is 38.2 Å². The van der Waals surface area contributed by atoms with Gasteiger partial charge in [-0.05, 0) is 32.2 Å². The molecule has 3 aliphatic heterocycles. The number of likely N-dealkylation sites (N-methyl/N-ethyl adjacent to an activating group) is 1. The molecule has 4 rings (SSSR count). The third-order valence-corrected chi connectivity index (χ3v) is 4.75. The molecule has 0 saturated carbocycles. The number of nitriles is 1. The first-order chi connectivity index (χ1) is 12.2. The zero-order valence-electron chi connectivity index (χ0n) is 14.6. The van der Waals surface area contributed by atoms with Crippen molar-refractivity contribution in [2.24, 2.45) is 15.1 Å². The molecule has 128 valence electrons. The lowest BCUT2D eigenvalue weighted by Gasteiger charge is -2.38. The maximum absolute atomic E-state index is 9.23. The SMILES string of the molecule is CC1CC=NN2C(=N1)C(N1CCN(C)CC1)=Nc1ccc(C#N)cc12.